The van der Waals surface area contributed by atoms with Crippen molar-refractivity contribution in [3.63, 3.8) is 0 Å². The van der Waals surface area contributed by atoms with E-state index >= 15 is 0 Å². The second kappa shape index (κ2) is 9.29. The predicted octanol–water partition coefficient (Wildman–Crippen LogP) is 6.24. The summed E-state index contributed by atoms with van der Waals surface area (Å²) < 4.78 is 3.22. The van der Waals surface area contributed by atoms with Crippen LogP contribution in [-0.4, -0.2) is 14.8 Å². The molecule has 3 aromatic carbocycles. The van der Waals surface area contributed by atoms with Crippen LogP contribution in [0.15, 0.2) is 88.5 Å². The largest absolute Gasteiger partial charge is 0.378 e. The summed E-state index contributed by atoms with van der Waals surface area (Å²) in [7, 11) is 0. The minimum atomic E-state index is 0.603. The van der Waals surface area contributed by atoms with Gasteiger partial charge in [-0.05, 0) is 48.4 Å². The van der Waals surface area contributed by atoms with Crippen LogP contribution < -0.4 is 5.32 Å². The number of nitrogens with zero attached hydrogens (tertiary/aromatic N) is 3. The number of aromatic nitrogens is 3. The Morgan fingerprint density at radius 2 is 1.62 bits per heavy atom. The van der Waals surface area contributed by atoms with E-state index in [1.165, 1.54) is 11.1 Å². The molecule has 0 aliphatic carbocycles. The Kier molecular flexibility index (Phi) is 6.32. The van der Waals surface area contributed by atoms with Crippen molar-refractivity contribution >= 4 is 33.4 Å². The lowest BCUT2D eigenvalue weighted by atomic mass is 10.2. The zero-order valence-electron chi connectivity index (χ0n) is 16.0. The quantitative estimate of drug-likeness (QED) is 0.328. The molecule has 0 saturated heterocycles. The molecule has 1 aromatic heterocycles. The lowest BCUT2D eigenvalue weighted by molar-refractivity contribution is 0.840. The Morgan fingerprint density at radius 1 is 0.897 bits per heavy atom. The number of aryl methyl sites for hydroxylation is 1. The molecule has 0 aliphatic rings. The van der Waals surface area contributed by atoms with Crippen LogP contribution in [0, 0.1) is 6.92 Å². The maximum atomic E-state index is 4.49. The molecule has 0 unspecified atom stereocenters. The van der Waals surface area contributed by atoms with Gasteiger partial charge in [0, 0.05) is 21.6 Å². The molecule has 1 N–H and O–H groups in total. The average Bonchev–Trinajstić information content (AvgIpc) is 3.16. The van der Waals surface area contributed by atoms with E-state index in [1.54, 1.807) is 11.8 Å². The number of hydrogen-bond donors (Lipinski definition) is 1. The highest BCUT2D eigenvalue weighted by Gasteiger charge is 2.14. The Balaban J connectivity index is 1.58. The summed E-state index contributed by atoms with van der Waals surface area (Å²) in [6.45, 7) is 2.70. The van der Waals surface area contributed by atoms with Crippen molar-refractivity contribution in [2.75, 3.05) is 5.32 Å². The summed E-state index contributed by atoms with van der Waals surface area (Å²) in [5.41, 5.74) is 4.64. The van der Waals surface area contributed by atoms with Crippen molar-refractivity contribution in [2.24, 2.45) is 0 Å². The molecule has 0 fully saturated rings. The molecular formula is C23H21BrN4S. The molecule has 0 aliphatic heterocycles. The van der Waals surface area contributed by atoms with Gasteiger partial charge in [0.1, 0.15) is 0 Å². The fraction of sp³-hybridized carbons (Fsp3) is 0.130. The van der Waals surface area contributed by atoms with Gasteiger partial charge in [-0.15, -0.1) is 10.2 Å². The van der Waals surface area contributed by atoms with Gasteiger partial charge in [0.05, 0.1) is 6.54 Å². The number of anilines is 1. The summed E-state index contributed by atoms with van der Waals surface area (Å²) in [6, 6.07) is 26.9. The molecule has 0 radical (unpaired) electrons. The summed E-state index contributed by atoms with van der Waals surface area (Å²) in [4.78, 5) is 0. The number of para-hydroxylation sites is 2. The van der Waals surface area contributed by atoms with Crippen molar-refractivity contribution in [1.29, 1.82) is 0 Å². The molecule has 0 saturated carbocycles. The topological polar surface area (TPSA) is 42.7 Å². The van der Waals surface area contributed by atoms with Crippen molar-refractivity contribution in [3.8, 4) is 5.69 Å². The standard InChI is InChI=1S/C23H21BrN4S/c1-17-7-5-6-10-21(17)25-15-22-26-27-23(28(22)20-8-3-2-4-9-20)29-16-18-11-13-19(24)14-12-18/h2-14,25H,15-16H2,1H3. The Hall–Kier alpha value is -2.57. The monoisotopic (exact) mass is 464 g/mol. The van der Waals surface area contributed by atoms with Gasteiger partial charge in [0.2, 0.25) is 0 Å². The zero-order chi connectivity index (χ0) is 20.1. The molecule has 146 valence electrons. The summed E-state index contributed by atoms with van der Waals surface area (Å²) in [5, 5.41) is 13.4. The molecule has 0 spiro atoms. The number of thioether (sulfide) groups is 1. The van der Waals surface area contributed by atoms with Crippen LogP contribution in [0.1, 0.15) is 17.0 Å². The molecule has 4 rings (SSSR count). The van der Waals surface area contributed by atoms with E-state index in [9.17, 15) is 0 Å². The highest BCUT2D eigenvalue weighted by Crippen LogP contribution is 2.26. The summed E-state index contributed by atoms with van der Waals surface area (Å²) in [6.07, 6.45) is 0. The van der Waals surface area contributed by atoms with Gasteiger partial charge < -0.3 is 5.32 Å². The molecule has 0 bridgehead atoms. The fourth-order valence-corrected chi connectivity index (χ4v) is 4.21. The third-order valence-electron chi connectivity index (χ3n) is 4.58. The smallest absolute Gasteiger partial charge is 0.196 e. The molecule has 0 atom stereocenters. The van der Waals surface area contributed by atoms with E-state index < -0.39 is 0 Å². The molecule has 0 amide bonds. The van der Waals surface area contributed by atoms with Crippen LogP contribution in [-0.2, 0) is 12.3 Å². The minimum Gasteiger partial charge on any atom is -0.378 e. The van der Waals surface area contributed by atoms with Gasteiger partial charge in [-0.2, -0.15) is 0 Å². The second-order valence-corrected chi connectivity index (χ2v) is 8.51. The highest BCUT2D eigenvalue weighted by molar-refractivity contribution is 9.10. The average molecular weight is 465 g/mol. The van der Waals surface area contributed by atoms with E-state index in [1.807, 2.05) is 30.3 Å². The maximum absolute atomic E-state index is 4.49. The lowest BCUT2D eigenvalue weighted by Crippen LogP contribution is -2.09. The summed E-state index contributed by atoms with van der Waals surface area (Å²) >= 11 is 5.18. The van der Waals surface area contributed by atoms with Crippen LogP contribution in [0.25, 0.3) is 5.69 Å². The van der Waals surface area contributed by atoms with Gasteiger partial charge >= 0.3 is 0 Å². The number of hydrogen-bond acceptors (Lipinski definition) is 4. The normalized spacial score (nSPS) is 10.8. The Bertz CT molecular complexity index is 1080. The van der Waals surface area contributed by atoms with Crippen molar-refractivity contribution in [1.82, 2.24) is 14.8 Å². The molecule has 29 heavy (non-hydrogen) atoms. The number of benzene rings is 3. The van der Waals surface area contributed by atoms with Crippen molar-refractivity contribution < 1.29 is 0 Å². The van der Waals surface area contributed by atoms with Gasteiger partial charge in [-0.25, -0.2) is 0 Å². The Labute approximate surface area is 183 Å². The SMILES string of the molecule is Cc1ccccc1NCc1nnc(SCc2ccc(Br)cc2)n1-c1ccccc1. The van der Waals surface area contributed by atoms with E-state index in [4.69, 9.17) is 0 Å². The third kappa shape index (κ3) is 4.89. The van der Waals surface area contributed by atoms with Gasteiger partial charge in [-0.3, -0.25) is 4.57 Å². The first-order chi connectivity index (χ1) is 14.2. The molecule has 6 heteroatoms. The number of rotatable bonds is 7. The first-order valence-corrected chi connectivity index (χ1v) is 11.1. The first kappa shape index (κ1) is 19.7. The van der Waals surface area contributed by atoms with Gasteiger partial charge in [0.25, 0.3) is 0 Å². The zero-order valence-corrected chi connectivity index (χ0v) is 18.5. The van der Waals surface area contributed by atoms with Crippen LogP contribution in [0.5, 0.6) is 0 Å². The molecule has 4 nitrogen and oxygen atoms in total. The first-order valence-electron chi connectivity index (χ1n) is 9.37. The maximum Gasteiger partial charge on any atom is 0.196 e. The van der Waals surface area contributed by atoms with Gasteiger partial charge in [0.15, 0.2) is 11.0 Å². The van der Waals surface area contributed by atoms with E-state index in [0.717, 1.165) is 32.6 Å². The highest BCUT2D eigenvalue weighted by atomic mass is 79.9. The minimum absolute atomic E-state index is 0.603. The Morgan fingerprint density at radius 3 is 2.38 bits per heavy atom. The summed E-state index contributed by atoms with van der Waals surface area (Å²) in [5.74, 6) is 1.72. The van der Waals surface area contributed by atoms with Gasteiger partial charge in [-0.1, -0.05) is 76.2 Å². The van der Waals surface area contributed by atoms with Crippen LogP contribution in [0.2, 0.25) is 0 Å². The molecular weight excluding hydrogens is 444 g/mol. The molecule has 4 aromatic rings. The molecule has 1 heterocycles. The van der Waals surface area contributed by atoms with Crippen LogP contribution in [0.4, 0.5) is 5.69 Å². The lowest BCUT2D eigenvalue weighted by Gasteiger charge is -2.12. The predicted molar refractivity (Wildman–Crippen MR) is 124 cm³/mol. The second-order valence-electron chi connectivity index (χ2n) is 6.65. The van der Waals surface area contributed by atoms with E-state index in [2.05, 4.69) is 91.5 Å². The third-order valence-corrected chi connectivity index (χ3v) is 6.11. The number of nitrogens with one attached hydrogen (secondary N) is 1. The van der Waals surface area contributed by atoms with Crippen molar-refractivity contribution in [3.05, 3.63) is 100 Å². The number of halogens is 1. The van der Waals surface area contributed by atoms with Crippen LogP contribution >= 0.6 is 27.7 Å². The van der Waals surface area contributed by atoms with Crippen molar-refractivity contribution in [2.45, 2.75) is 24.4 Å². The van der Waals surface area contributed by atoms with E-state index in [-0.39, 0.29) is 0 Å². The van der Waals surface area contributed by atoms with Crippen LogP contribution in [0.3, 0.4) is 0 Å². The van der Waals surface area contributed by atoms with E-state index in [0.29, 0.717) is 6.54 Å². The fourth-order valence-electron chi connectivity index (χ4n) is 3.02.